The highest BCUT2D eigenvalue weighted by molar-refractivity contribution is 6.30. The van der Waals surface area contributed by atoms with Crippen LogP contribution in [-0.2, 0) is 13.7 Å². The standard InChI is InChI=1S/C11H9ClN4O/c1-16-11(14-7-15-16)6-17-10-4-9(12)3-2-8(10)5-13/h2-4,7H,6H2,1H3. The van der Waals surface area contributed by atoms with Crippen LogP contribution in [0.1, 0.15) is 11.4 Å². The first-order chi connectivity index (χ1) is 8.20. The van der Waals surface area contributed by atoms with Crippen molar-refractivity contribution in [1.82, 2.24) is 14.8 Å². The molecule has 1 aromatic carbocycles. The molecule has 1 aromatic heterocycles. The lowest BCUT2D eigenvalue weighted by Crippen LogP contribution is -2.05. The topological polar surface area (TPSA) is 63.7 Å². The van der Waals surface area contributed by atoms with Gasteiger partial charge in [-0.2, -0.15) is 10.4 Å². The van der Waals surface area contributed by atoms with Gasteiger partial charge in [-0.25, -0.2) is 4.98 Å². The van der Waals surface area contributed by atoms with Gasteiger partial charge in [-0.3, -0.25) is 4.68 Å². The molecule has 2 rings (SSSR count). The molecule has 0 bridgehead atoms. The van der Waals surface area contributed by atoms with E-state index in [9.17, 15) is 0 Å². The third kappa shape index (κ3) is 2.55. The van der Waals surface area contributed by atoms with Gasteiger partial charge >= 0.3 is 0 Å². The second kappa shape index (κ2) is 4.85. The Morgan fingerprint density at radius 2 is 2.35 bits per heavy atom. The van der Waals surface area contributed by atoms with Gasteiger partial charge in [-0.1, -0.05) is 11.6 Å². The van der Waals surface area contributed by atoms with E-state index >= 15 is 0 Å². The first kappa shape index (κ1) is 11.4. The molecule has 0 spiro atoms. The zero-order valence-electron chi connectivity index (χ0n) is 9.09. The molecule has 5 nitrogen and oxygen atoms in total. The summed E-state index contributed by atoms with van der Waals surface area (Å²) in [5.74, 6) is 1.12. The van der Waals surface area contributed by atoms with Crippen molar-refractivity contribution in [3.8, 4) is 11.8 Å². The Kier molecular flexibility index (Phi) is 3.26. The predicted molar refractivity (Wildman–Crippen MR) is 61.5 cm³/mol. The molecule has 0 aliphatic heterocycles. The second-order valence-corrected chi connectivity index (χ2v) is 3.78. The highest BCUT2D eigenvalue weighted by Crippen LogP contribution is 2.23. The molecule has 2 aromatic rings. The van der Waals surface area contributed by atoms with Gasteiger partial charge in [0.05, 0.1) is 5.56 Å². The quantitative estimate of drug-likeness (QED) is 0.832. The Morgan fingerprint density at radius 1 is 1.53 bits per heavy atom. The number of hydrogen-bond donors (Lipinski definition) is 0. The van der Waals surface area contributed by atoms with E-state index in [1.807, 2.05) is 6.07 Å². The molecule has 0 atom stereocenters. The fraction of sp³-hybridized carbons (Fsp3) is 0.182. The zero-order valence-corrected chi connectivity index (χ0v) is 9.85. The van der Waals surface area contributed by atoms with Crippen molar-refractivity contribution in [2.75, 3.05) is 0 Å². The Morgan fingerprint density at radius 3 is 3.00 bits per heavy atom. The van der Waals surface area contributed by atoms with E-state index in [0.29, 0.717) is 22.2 Å². The minimum absolute atomic E-state index is 0.242. The van der Waals surface area contributed by atoms with E-state index in [4.69, 9.17) is 21.6 Å². The number of aromatic nitrogens is 3. The molecule has 0 fully saturated rings. The number of nitrogens with zero attached hydrogens (tertiary/aromatic N) is 4. The van der Waals surface area contributed by atoms with E-state index in [0.717, 1.165) is 0 Å². The molecule has 0 unspecified atom stereocenters. The van der Waals surface area contributed by atoms with Crippen LogP contribution in [0.25, 0.3) is 0 Å². The SMILES string of the molecule is Cn1ncnc1COc1cc(Cl)ccc1C#N. The zero-order chi connectivity index (χ0) is 12.3. The molecular weight excluding hydrogens is 240 g/mol. The maximum absolute atomic E-state index is 8.91. The van der Waals surface area contributed by atoms with Gasteiger partial charge in [-0.05, 0) is 12.1 Å². The van der Waals surface area contributed by atoms with Crippen molar-refractivity contribution in [2.45, 2.75) is 6.61 Å². The van der Waals surface area contributed by atoms with Crippen LogP contribution in [0, 0.1) is 11.3 Å². The summed E-state index contributed by atoms with van der Waals surface area (Å²) < 4.78 is 7.11. The van der Waals surface area contributed by atoms with Crippen LogP contribution in [0.5, 0.6) is 5.75 Å². The first-order valence-corrected chi connectivity index (χ1v) is 5.24. The first-order valence-electron chi connectivity index (χ1n) is 4.86. The molecule has 1 heterocycles. The van der Waals surface area contributed by atoms with Crippen molar-refractivity contribution in [1.29, 1.82) is 5.26 Å². The third-order valence-corrected chi connectivity index (χ3v) is 2.46. The van der Waals surface area contributed by atoms with Crippen molar-refractivity contribution in [3.63, 3.8) is 0 Å². The van der Waals surface area contributed by atoms with E-state index in [1.165, 1.54) is 6.33 Å². The van der Waals surface area contributed by atoms with Gasteiger partial charge in [-0.15, -0.1) is 0 Å². The summed E-state index contributed by atoms with van der Waals surface area (Å²) >= 11 is 5.84. The van der Waals surface area contributed by atoms with Crippen LogP contribution in [0.2, 0.25) is 5.02 Å². The average molecular weight is 249 g/mol. The maximum Gasteiger partial charge on any atom is 0.164 e. The molecule has 0 saturated heterocycles. The molecule has 0 aliphatic rings. The van der Waals surface area contributed by atoms with Gasteiger partial charge in [0.2, 0.25) is 0 Å². The van der Waals surface area contributed by atoms with E-state index in [1.54, 1.807) is 29.9 Å². The molecule has 17 heavy (non-hydrogen) atoms. The molecule has 0 amide bonds. The predicted octanol–water partition coefficient (Wildman–Crippen LogP) is 1.92. The summed E-state index contributed by atoms with van der Waals surface area (Å²) in [5, 5.41) is 13.4. The normalized spacial score (nSPS) is 9.94. The van der Waals surface area contributed by atoms with Gasteiger partial charge in [0, 0.05) is 18.1 Å². The number of benzene rings is 1. The van der Waals surface area contributed by atoms with E-state index < -0.39 is 0 Å². The summed E-state index contributed by atoms with van der Waals surface area (Å²) in [5.41, 5.74) is 0.441. The monoisotopic (exact) mass is 248 g/mol. The second-order valence-electron chi connectivity index (χ2n) is 3.34. The molecule has 6 heteroatoms. The lowest BCUT2D eigenvalue weighted by atomic mass is 10.2. The van der Waals surface area contributed by atoms with Crippen LogP contribution < -0.4 is 4.74 Å². The largest absolute Gasteiger partial charge is 0.484 e. The van der Waals surface area contributed by atoms with Crippen LogP contribution in [0.4, 0.5) is 0 Å². The number of hydrogen-bond acceptors (Lipinski definition) is 4. The number of aryl methyl sites for hydroxylation is 1. The summed E-state index contributed by atoms with van der Waals surface area (Å²) in [6, 6.07) is 6.92. The van der Waals surface area contributed by atoms with Crippen LogP contribution in [0.15, 0.2) is 24.5 Å². The Labute approximate surface area is 103 Å². The van der Waals surface area contributed by atoms with Crippen LogP contribution in [-0.4, -0.2) is 14.8 Å². The highest BCUT2D eigenvalue weighted by Gasteiger charge is 2.06. The Hall–Kier alpha value is -2.06. The van der Waals surface area contributed by atoms with Crippen molar-refractivity contribution in [3.05, 3.63) is 40.9 Å². The van der Waals surface area contributed by atoms with Crippen molar-refractivity contribution in [2.24, 2.45) is 7.05 Å². The number of halogens is 1. The summed E-state index contributed by atoms with van der Waals surface area (Å²) in [7, 11) is 1.77. The maximum atomic E-state index is 8.91. The van der Waals surface area contributed by atoms with Crippen molar-refractivity contribution >= 4 is 11.6 Å². The fourth-order valence-electron chi connectivity index (χ4n) is 1.30. The number of ether oxygens (including phenoxy) is 1. The van der Waals surface area contributed by atoms with Crippen LogP contribution in [0.3, 0.4) is 0 Å². The molecular formula is C11H9ClN4O. The Bertz CT molecular complexity index is 573. The highest BCUT2D eigenvalue weighted by atomic mass is 35.5. The lowest BCUT2D eigenvalue weighted by Gasteiger charge is -2.07. The van der Waals surface area contributed by atoms with E-state index in [2.05, 4.69) is 10.1 Å². The van der Waals surface area contributed by atoms with E-state index in [-0.39, 0.29) is 6.61 Å². The number of rotatable bonds is 3. The Balaban J connectivity index is 2.17. The molecule has 0 aliphatic carbocycles. The molecule has 86 valence electrons. The lowest BCUT2D eigenvalue weighted by molar-refractivity contribution is 0.289. The average Bonchev–Trinajstić information content (AvgIpc) is 2.72. The van der Waals surface area contributed by atoms with Crippen molar-refractivity contribution < 1.29 is 4.74 Å². The minimum atomic E-state index is 0.242. The minimum Gasteiger partial charge on any atom is -0.484 e. The fourth-order valence-corrected chi connectivity index (χ4v) is 1.46. The smallest absolute Gasteiger partial charge is 0.164 e. The summed E-state index contributed by atoms with van der Waals surface area (Å²) in [6.07, 6.45) is 1.45. The number of nitriles is 1. The summed E-state index contributed by atoms with van der Waals surface area (Å²) in [6.45, 7) is 0.242. The third-order valence-electron chi connectivity index (χ3n) is 2.23. The molecule has 0 N–H and O–H groups in total. The molecule has 0 radical (unpaired) electrons. The van der Waals surface area contributed by atoms with Gasteiger partial charge in [0.25, 0.3) is 0 Å². The molecule has 0 saturated carbocycles. The summed E-state index contributed by atoms with van der Waals surface area (Å²) in [4.78, 5) is 4.02. The van der Waals surface area contributed by atoms with Gasteiger partial charge in [0.15, 0.2) is 5.82 Å². The van der Waals surface area contributed by atoms with Gasteiger partial charge in [0.1, 0.15) is 24.8 Å². The van der Waals surface area contributed by atoms with Gasteiger partial charge < -0.3 is 4.74 Å². The van der Waals surface area contributed by atoms with Crippen LogP contribution >= 0.6 is 11.6 Å².